The number of benzene rings is 1. The molecule has 1 aromatic rings. The lowest BCUT2D eigenvalue weighted by molar-refractivity contribution is 0.273. The second-order valence-electron chi connectivity index (χ2n) is 2.94. The van der Waals surface area contributed by atoms with E-state index in [1.165, 1.54) is 0 Å². The molecule has 1 unspecified atom stereocenters. The highest BCUT2D eigenvalue weighted by Gasteiger charge is 2.09. The Kier molecular flexibility index (Phi) is 3.53. The van der Waals surface area contributed by atoms with Crippen LogP contribution in [-0.2, 0) is 0 Å². The van der Waals surface area contributed by atoms with Crippen LogP contribution in [0.5, 0.6) is 0 Å². The smallest absolute Gasteiger partial charge is 0.0497 e. The van der Waals surface area contributed by atoms with Crippen LogP contribution in [0.4, 0.5) is 0 Å². The van der Waals surface area contributed by atoms with Gasteiger partial charge in [0.1, 0.15) is 0 Å². The van der Waals surface area contributed by atoms with Gasteiger partial charge in [-0.2, -0.15) is 0 Å². The van der Waals surface area contributed by atoms with Crippen molar-refractivity contribution < 1.29 is 5.11 Å². The summed E-state index contributed by atoms with van der Waals surface area (Å²) in [5.74, 6) is 2.70. The van der Waals surface area contributed by atoms with Gasteiger partial charge >= 0.3 is 0 Å². The fourth-order valence-corrected chi connectivity index (χ4v) is 1.91. The summed E-state index contributed by atoms with van der Waals surface area (Å²) in [5.41, 5.74) is 1.88. The molecule has 0 aliphatic rings. The third-order valence-corrected chi connectivity index (χ3v) is 2.87. The van der Waals surface area contributed by atoms with E-state index in [1.807, 2.05) is 25.1 Å². The summed E-state index contributed by atoms with van der Waals surface area (Å²) in [7, 11) is 0. The van der Waals surface area contributed by atoms with Gasteiger partial charge < -0.3 is 5.11 Å². The number of rotatable bonds is 2. The van der Waals surface area contributed by atoms with Crippen molar-refractivity contribution in [1.82, 2.24) is 0 Å². The van der Waals surface area contributed by atoms with Gasteiger partial charge in [-0.1, -0.05) is 25.0 Å². The molecule has 1 nitrogen and oxygen atoms in total. The van der Waals surface area contributed by atoms with Gasteiger partial charge in [0.2, 0.25) is 0 Å². The Bertz CT molecular complexity index is 338. The summed E-state index contributed by atoms with van der Waals surface area (Å²) in [6.07, 6.45) is 5.32. The van der Waals surface area contributed by atoms with Crippen LogP contribution in [0, 0.1) is 12.3 Å². The maximum Gasteiger partial charge on any atom is 0.0497 e. The van der Waals surface area contributed by atoms with Crippen molar-refractivity contribution in [2.45, 2.75) is 12.8 Å². The van der Waals surface area contributed by atoms with Gasteiger partial charge in [0.05, 0.1) is 0 Å². The minimum absolute atomic E-state index is 0.114. The number of hydrogen-bond donors (Lipinski definition) is 1. The molecule has 0 spiro atoms. The molecule has 0 fully saturated rings. The molecule has 0 aliphatic heterocycles. The molecule has 68 valence electrons. The molecule has 0 saturated carbocycles. The first-order valence-corrected chi connectivity index (χ1v) is 4.86. The molecule has 0 saturated heterocycles. The van der Waals surface area contributed by atoms with Crippen molar-refractivity contribution in [2.24, 2.45) is 0 Å². The summed E-state index contributed by atoms with van der Waals surface area (Å²) >= 11 is 3.43. The monoisotopic (exact) mass is 238 g/mol. The molecule has 2 heteroatoms. The Hall–Kier alpha value is -0.780. The van der Waals surface area contributed by atoms with Crippen molar-refractivity contribution in [3.63, 3.8) is 0 Å². The fourth-order valence-electron chi connectivity index (χ4n) is 1.14. The van der Waals surface area contributed by atoms with Crippen LogP contribution >= 0.6 is 15.9 Å². The van der Waals surface area contributed by atoms with Crippen LogP contribution in [0.2, 0.25) is 0 Å². The van der Waals surface area contributed by atoms with E-state index in [9.17, 15) is 0 Å². The van der Waals surface area contributed by atoms with Crippen molar-refractivity contribution in [1.29, 1.82) is 0 Å². The Morgan fingerprint density at radius 1 is 1.62 bits per heavy atom. The summed E-state index contributed by atoms with van der Waals surface area (Å²) in [6.45, 7) is 2.09. The molecule has 0 amide bonds. The minimum atomic E-state index is 0.114. The zero-order valence-corrected chi connectivity index (χ0v) is 9.01. The minimum Gasteiger partial charge on any atom is -0.396 e. The summed E-state index contributed by atoms with van der Waals surface area (Å²) < 4.78 is 0.916. The topological polar surface area (TPSA) is 20.2 Å². The van der Waals surface area contributed by atoms with Crippen LogP contribution in [0.15, 0.2) is 22.7 Å². The van der Waals surface area contributed by atoms with Crippen molar-refractivity contribution in [2.75, 3.05) is 6.61 Å². The van der Waals surface area contributed by atoms with Crippen molar-refractivity contribution in [3.8, 4) is 12.3 Å². The number of terminal acetylenes is 1. The molecule has 0 bridgehead atoms. The number of aliphatic hydroxyl groups is 1. The molecule has 1 rings (SSSR count). The van der Waals surface area contributed by atoms with Crippen LogP contribution in [0.25, 0.3) is 0 Å². The predicted octanol–water partition coefficient (Wildman–Crippen LogP) is 2.53. The third-order valence-electron chi connectivity index (χ3n) is 1.99. The average Bonchev–Trinajstić information content (AvgIpc) is 2.17. The molecule has 1 atom stereocenters. The first-order valence-electron chi connectivity index (χ1n) is 4.06. The molecular weight excluding hydrogens is 228 g/mol. The normalized spacial score (nSPS) is 12.2. The Labute approximate surface area is 86.9 Å². The second kappa shape index (κ2) is 4.45. The summed E-state index contributed by atoms with van der Waals surface area (Å²) in [6, 6.07) is 5.74. The molecule has 0 radical (unpaired) electrons. The predicted molar refractivity (Wildman–Crippen MR) is 57.6 cm³/mol. The van der Waals surface area contributed by atoms with Gasteiger partial charge in [0, 0.05) is 22.6 Å². The molecule has 13 heavy (non-hydrogen) atoms. The lowest BCUT2D eigenvalue weighted by Gasteiger charge is -2.11. The van der Waals surface area contributed by atoms with Gasteiger partial charge in [0.15, 0.2) is 0 Å². The Balaban J connectivity index is 3.17. The number of halogens is 1. The maximum atomic E-state index is 9.00. The van der Waals surface area contributed by atoms with Gasteiger partial charge in [-0.05, 0) is 27.6 Å². The second-order valence-corrected chi connectivity index (χ2v) is 3.73. The summed E-state index contributed by atoms with van der Waals surface area (Å²) in [4.78, 5) is 0. The SMILES string of the molecule is C#Cc1cccc(C(C)CO)c1Br. The van der Waals surface area contributed by atoms with Crippen LogP contribution in [0.1, 0.15) is 24.0 Å². The zero-order chi connectivity index (χ0) is 9.84. The molecule has 1 N–H and O–H groups in total. The number of hydrogen-bond acceptors (Lipinski definition) is 1. The largest absolute Gasteiger partial charge is 0.396 e. The van der Waals surface area contributed by atoms with Gasteiger partial charge in [-0.25, -0.2) is 0 Å². The Morgan fingerprint density at radius 2 is 2.31 bits per heavy atom. The number of aliphatic hydroxyl groups excluding tert-OH is 1. The van der Waals surface area contributed by atoms with Gasteiger partial charge in [-0.3, -0.25) is 0 Å². The zero-order valence-electron chi connectivity index (χ0n) is 7.42. The lowest BCUT2D eigenvalue weighted by atomic mass is 10.0. The summed E-state index contributed by atoms with van der Waals surface area (Å²) in [5, 5.41) is 9.00. The average molecular weight is 239 g/mol. The van der Waals surface area contributed by atoms with E-state index in [1.54, 1.807) is 0 Å². The third kappa shape index (κ3) is 2.12. The van der Waals surface area contributed by atoms with E-state index in [-0.39, 0.29) is 12.5 Å². The maximum absolute atomic E-state index is 9.00. The first kappa shape index (κ1) is 10.3. The lowest BCUT2D eigenvalue weighted by Crippen LogP contribution is -2.00. The first-order chi connectivity index (χ1) is 6.20. The standard InChI is InChI=1S/C11H11BrO/c1-3-9-5-4-6-10(11(9)12)8(2)7-13/h1,4-6,8,13H,7H2,2H3. The van der Waals surface area contributed by atoms with Crippen LogP contribution in [-0.4, -0.2) is 11.7 Å². The highest BCUT2D eigenvalue weighted by Crippen LogP contribution is 2.27. The highest BCUT2D eigenvalue weighted by atomic mass is 79.9. The van der Waals surface area contributed by atoms with E-state index in [0.717, 1.165) is 15.6 Å². The highest BCUT2D eigenvalue weighted by molar-refractivity contribution is 9.10. The van der Waals surface area contributed by atoms with E-state index >= 15 is 0 Å². The molecule has 1 aromatic carbocycles. The molecular formula is C11H11BrO. The Morgan fingerprint density at radius 3 is 2.85 bits per heavy atom. The molecule has 0 heterocycles. The fraction of sp³-hybridized carbons (Fsp3) is 0.273. The van der Waals surface area contributed by atoms with E-state index < -0.39 is 0 Å². The van der Waals surface area contributed by atoms with E-state index in [0.29, 0.717) is 0 Å². The van der Waals surface area contributed by atoms with Crippen molar-refractivity contribution >= 4 is 15.9 Å². The van der Waals surface area contributed by atoms with Crippen molar-refractivity contribution in [3.05, 3.63) is 33.8 Å². The van der Waals surface area contributed by atoms with Gasteiger partial charge in [-0.15, -0.1) is 6.42 Å². The molecule has 0 aliphatic carbocycles. The van der Waals surface area contributed by atoms with E-state index in [4.69, 9.17) is 11.5 Å². The molecule has 0 aromatic heterocycles. The van der Waals surface area contributed by atoms with Crippen LogP contribution < -0.4 is 0 Å². The van der Waals surface area contributed by atoms with Crippen LogP contribution in [0.3, 0.4) is 0 Å². The van der Waals surface area contributed by atoms with E-state index in [2.05, 4.69) is 21.9 Å². The van der Waals surface area contributed by atoms with Gasteiger partial charge in [0.25, 0.3) is 0 Å². The quantitative estimate of drug-likeness (QED) is 0.786.